The van der Waals surface area contributed by atoms with Gasteiger partial charge in [0.1, 0.15) is 11.6 Å². The van der Waals surface area contributed by atoms with Gasteiger partial charge in [0.15, 0.2) is 16.7 Å². The Labute approximate surface area is 178 Å². The molecule has 1 aromatic carbocycles. The fraction of sp³-hybridized carbons (Fsp3) is 0.381. The number of ether oxygens (including phenoxy) is 1. The standard InChI is InChI=1S/C21H23FN4O3S/c1-25(11-14-5-8-18(28-2)17(22)10-14)19(27)13-30-21-24-23-20(15-6-7-15)26(21)12-16-4-3-9-29-16/h3-5,8-10,15H,6-7,11-13H2,1-2H3. The predicted molar refractivity (Wildman–Crippen MR) is 110 cm³/mol. The molecule has 1 fully saturated rings. The van der Waals surface area contributed by atoms with E-state index in [0.29, 0.717) is 29.7 Å². The number of nitrogens with zero attached hydrogens (tertiary/aromatic N) is 4. The minimum absolute atomic E-state index is 0.0725. The summed E-state index contributed by atoms with van der Waals surface area (Å²) in [5.74, 6) is 2.10. The summed E-state index contributed by atoms with van der Waals surface area (Å²) < 4.78 is 26.3. The Bertz CT molecular complexity index is 1020. The second-order valence-electron chi connectivity index (χ2n) is 7.29. The number of hydrogen-bond acceptors (Lipinski definition) is 6. The van der Waals surface area contributed by atoms with Crippen LogP contribution in [0.1, 0.15) is 35.9 Å². The van der Waals surface area contributed by atoms with Gasteiger partial charge in [0.2, 0.25) is 5.91 Å². The monoisotopic (exact) mass is 430 g/mol. The van der Waals surface area contributed by atoms with E-state index in [2.05, 4.69) is 10.2 Å². The lowest BCUT2D eigenvalue weighted by atomic mass is 10.2. The third-order valence-corrected chi connectivity index (χ3v) is 5.92. The van der Waals surface area contributed by atoms with Crippen LogP contribution in [0.4, 0.5) is 4.39 Å². The van der Waals surface area contributed by atoms with Crippen molar-refractivity contribution in [3.63, 3.8) is 0 Å². The Morgan fingerprint density at radius 2 is 2.20 bits per heavy atom. The number of rotatable bonds is 9. The average molecular weight is 431 g/mol. The second-order valence-corrected chi connectivity index (χ2v) is 8.23. The predicted octanol–water partition coefficient (Wildman–Crippen LogP) is 3.70. The third kappa shape index (κ3) is 4.67. The lowest BCUT2D eigenvalue weighted by molar-refractivity contribution is -0.127. The van der Waals surface area contributed by atoms with E-state index in [1.54, 1.807) is 30.3 Å². The van der Waals surface area contributed by atoms with Crippen LogP contribution in [-0.4, -0.2) is 45.5 Å². The van der Waals surface area contributed by atoms with Crippen LogP contribution < -0.4 is 4.74 Å². The molecule has 0 aliphatic heterocycles. The smallest absolute Gasteiger partial charge is 0.233 e. The lowest BCUT2D eigenvalue weighted by Gasteiger charge is -2.17. The highest BCUT2D eigenvalue weighted by Crippen LogP contribution is 2.40. The molecule has 158 valence electrons. The van der Waals surface area contributed by atoms with Gasteiger partial charge in [-0.25, -0.2) is 4.39 Å². The van der Waals surface area contributed by atoms with Gasteiger partial charge in [0.05, 0.1) is 25.7 Å². The number of hydrogen-bond donors (Lipinski definition) is 0. The molecule has 2 aromatic heterocycles. The quantitative estimate of drug-likeness (QED) is 0.482. The van der Waals surface area contributed by atoms with Crippen molar-refractivity contribution in [2.75, 3.05) is 19.9 Å². The molecule has 1 aliphatic carbocycles. The number of carbonyl (C=O) groups is 1. The maximum Gasteiger partial charge on any atom is 0.233 e. The molecule has 0 N–H and O–H groups in total. The molecule has 3 aromatic rings. The van der Waals surface area contributed by atoms with Crippen LogP contribution in [0.25, 0.3) is 0 Å². The molecule has 1 aliphatic rings. The molecule has 0 saturated heterocycles. The van der Waals surface area contributed by atoms with Crippen LogP contribution in [0.5, 0.6) is 5.75 Å². The van der Waals surface area contributed by atoms with Crippen molar-refractivity contribution in [2.24, 2.45) is 0 Å². The highest BCUT2D eigenvalue weighted by Gasteiger charge is 2.31. The van der Waals surface area contributed by atoms with Crippen molar-refractivity contribution in [2.45, 2.75) is 37.0 Å². The molecule has 0 atom stereocenters. The number of furan rings is 1. The number of carbonyl (C=O) groups excluding carboxylic acids is 1. The van der Waals surface area contributed by atoms with E-state index in [9.17, 15) is 9.18 Å². The SMILES string of the molecule is COc1ccc(CN(C)C(=O)CSc2nnc(C3CC3)n2Cc2ccco2)cc1F. The van der Waals surface area contributed by atoms with Gasteiger partial charge in [-0.2, -0.15) is 0 Å². The van der Waals surface area contributed by atoms with Crippen LogP contribution in [0.15, 0.2) is 46.2 Å². The van der Waals surface area contributed by atoms with E-state index in [0.717, 1.165) is 24.4 Å². The first-order valence-electron chi connectivity index (χ1n) is 9.70. The van der Waals surface area contributed by atoms with Gasteiger partial charge in [0, 0.05) is 19.5 Å². The average Bonchev–Trinajstić information content (AvgIpc) is 3.30. The van der Waals surface area contributed by atoms with E-state index in [4.69, 9.17) is 9.15 Å². The lowest BCUT2D eigenvalue weighted by Crippen LogP contribution is -2.28. The van der Waals surface area contributed by atoms with Crippen molar-refractivity contribution in [1.82, 2.24) is 19.7 Å². The van der Waals surface area contributed by atoms with Gasteiger partial charge in [-0.15, -0.1) is 10.2 Å². The van der Waals surface area contributed by atoms with E-state index in [-0.39, 0.29) is 17.4 Å². The molecular weight excluding hydrogens is 407 g/mol. The minimum Gasteiger partial charge on any atom is -0.494 e. The Morgan fingerprint density at radius 1 is 1.37 bits per heavy atom. The zero-order valence-corrected chi connectivity index (χ0v) is 17.7. The molecule has 0 radical (unpaired) electrons. The number of thioether (sulfide) groups is 1. The first-order valence-corrected chi connectivity index (χ1v) is 10.7. The van der Waals surface area contributed by atoms with Crippen LogP contribution in [0.2, 0.25) is 0 Å². The summed E-state index contributed by atoms with van der Waals surface area (Å²) in [7, 11) is 3.12. The summed E-state index contributed by atoms with van der Waals surface area (Å²) in [5.41, 5.74) is 0.700. The van der Waals surface area contributed by atoms with Gasteiger partial charge in [0.25, 0.3) is 0 Å². The van der Waals surface area contributed by atoms with Crippen molar-refractivity contribution in [1.29, 1.82) is 0 Å². The molecule has 4 rings (SSSR count). The number of benzene rings is 1. The Balaban J connectivity index is 1.39. The number of amides is 1. The molecule has 0 unspecified atom stereocenters. The Kier molecular flexibility index (Phi) is 6.08. The highest BCUT2D eigenvalue weighted by atomic mass is 32.2. The number of methoxy groups -OCH3 is 1. The summed E-state index contributed by atoms with van der Waals surface area (Å²) in [5, 5.41) is 9.35. The molecule has 9 heteroatoms. The van der Waals surface area contributed by atoms with Gasteiger partial charge in [-0.3, -0.25) is 9.36 Å². The molecule has 1 saturated carbocycles. The van der Waals surface area contributed by atoms with Crippen molar-refractivity contribution in [3.05, 3.63) is 59.6 Å². The normalized spacial score (nSPS) is 13.4. The van der Waals surface area contributed by atoms with Crippen molar-refractivity contribution in [3.8, 4) is 5.75 Å². The largest absolute Gasteiger partial charge is 0.494 e. The highest BCUT2D eigenvalue weighted by molar-refractivity contribution is 7.99. The molecule has 7 nitrogen and oxygen atoms in total. The van der Waals surface area contributed by atoms with E-state index < -0.39 is 5.82 Å². The van der Waals surface area contributed by atoms with Crippen LogP contribution >= 0.6 is 11.8 Å². The maximum atomic E-state index is 13.9. The number of aromatic nitrogens is 3. The Hall–Kier alpha value is -2.81. The van der Waals surface area contributed by atoms with Gasteiger partial charge >= 0.3 is 0 Å². The van der Waals surface area contributed by atoms with Crippen molar-refractivity contribution < 1.29 is 18.3 Å². The first kappa shape index (κ1) is 20.5. The minimum atomic E-state index is -0.441. The topological polar surface area (TPSA) is 73.4 Å². The van der Waals surface area contributed by atoms with Crippen LogP contribution in [0.3, 0.4) is 0 Å². The second kappa shape index (κ2) is 8.91. The summed E-state index contributed by atoms with van der Waals surface area (Å²) in [6.07, 6.45) is 3.87. The van der Waals surface area contributed by atoms with E-state index in [1.165, 1.54) is 24.9 Å². The molecule has 1 amide bonds. The first-order chi connectivity index (χ1) is 14.5. The van der Waals surface area contributed by atoms with Gasteiger partial charge < -0.3 is 14.1 Å². The summed E-state index contributed by atoms with van der Waals surface area (Å²) in [6.45, 7) is 0.857. The fourth-order valence-electron chi connectivity index (χ4n) is 3.16. The molecule has 0 spiro atoms. The van der Waals surface area contributed by atoms with Gasteiger partial charge in [-0.05, 0) is 42.7 Å². The van der Waals surface area contributed by atoms with Crippen LogP contribution in [0, 0.1) is 5.82 Å². The summed E-state index contributed by atoms with van der Waals surface area (Å²) >= 11 is 1.35. The Morgan fingerprint density at radius 3 is 2.87 bits per heavy atom. The zero-order chi connectivity index (χ0) is 21.1. The molecule has 0 bridgehead atoms. The molecule has 2 heterocycles. The van der Waals surface area contributed by atoms with Crippen molar-refractivity contribution >= 4 is 17.7 Å². The molecule has 30 heavy (non-hydrogen) atoms. The fourth-order valence-corrected chi connectivity index (χ4v) is 4.05. The summed E-state index contributed by atoms with van der Waals surface area (Å²) in [4.78, 5) is 14.2. The third-order valence-electron chi connectivity index (χ3n) is 4.97. The number of halogens is 1. The zero-order valence-electron chi connectivity index (χ0n) is 16.9. The maximum absolute atomic E-state index is 13.9. The molecular formula is C21H23FN4O3S. The van der Waals surface area contributed by atoms with Crippen LogP contribution in [-0.2, 0) is 17.9 Å². The van der Waals surface area contributed by atoms with Gasteiger partial charge in [-0.1, -0.05) is 17.8 Å². The van der Waals surface area contributed by atoms with E-state index in [1.807, 2.05) is 16.7 Å². The summed E-state index contributed by atoms with van der Waals surface area (Å²) in [6, 6.07) is 8.47. The van der Waals surface area contributed by atoms with E-state index >= 15 is 0 Å².